The molecule has 2 aliphatic carbocycles. The van der Waals surface area contributed by atoms with Gasteiger partial charge >= 0.3 is 5.97 Å². The van der Waals surface area contributed by atoms with E-state index in [9.17, 15) is 9.90 Å². The van der Waals surface area contributed by atoms with E-state index >= 15 is 0 Å². The number of methoxy groups -OCH3 is 1. The van der Waals surface area contributed by atoms with Crippen LogP contribution in [0, 0.1) is 17.3 Å². The van der Waals surface area contributed by atoms with Crippen molar-refractivity contribution in [2.45, 2.75) is 174 Å². The predicted octanol–water partition coefficient (Wildman–Crippen LogP) is 9.97. The first-order valence-electron chi connectivity index (χ1n) is 17.2. The zero-order valence-corrected chi connectivity index (χ0v) is 32.1. The smallest absolute Gasteiger partial charge is 0.305 e. The number of hydrogen-bond donors (Lipinski definition) is 1. The second-order valence-corrected chi connectivity index (χ2v) is 26.1. The molecule has 0 amide bonds. The van der Waals surface area contributed by atoms with Gasteiger partial charge in [-0.15, -0.1) is 0 Å². The van der Waals surface area contributed by atoms with E-state index in [1.54, 1.807) is 0 Å². The largest absolute Gasteiger partial charge is 0.469 e. The standard InChI is InChI=1S/C36H68O5Si2/c1-13-24-36(25-19-26-36)32(41-43(11,12)35(5,6)7)22-18-21-29-28(20-16-14-15-17-23-33(38)39-8)30(37)27-31(29)40-42(9,10)34(2,3)4/h14,16,18,21,28-32,37H,13,15,17,19-20,22-27H2,1-12H3/b16-14-,21-18+/t28-,29-,30-,31-,32?/m1/s1. The topological polar surface area (TPSA) is 65.0 Å². The Labute approximate surface area is 267 Å². The first-order valence-corrected chi connectivity index (χ1v) is 23.0. The normalized spacial score (nSPS) is 25.8. The lowest BCUT2D eigenvalue weighted by Gasteiger charge is -2.51. The molecule has 5 nitrogen and oxygen atoms in total. The molecule has 2 aliphatic rings. The molecule has 2 rings (SSSR count). The molecule has 0 aliphatic heterocycles. The summed E-state index contributed by atoms with van der Waals surface area (Å²) in [6, 6.07) is 0. The van der Waals surface area contributed by atoms with Crippen molar-refractivity contribution in [2.24, 2.45) is 17.3 Å². The highest BCUT2D eigenvalue weighted by Gasteiger charge is 2.49. The second-order valence-electron chi connectivity index (χ2n) is 16.6. The van der Waals surface area contributed by atoms with Crippen LogP contribution in [-0.4, -0.2) is 53.1 Å². The van der Waals surface area contributed by atoms with Gasteiger partial charge in [-0.25, -0.2) is 0 Å². The number of ether oxygens (including phenoxy) is 1. The molecule has 7 heteroatoms. The van der Waals surface area contributed by atoms with E-state index in [0.29, 0.717) is 18.3 Å². The van der Waals surface area contributed by atoms with Gasteiger partial charge in [0.2, 0.25) is 0 Å². The van der Waals surface area contributed by atoms with Crippen LogP contribution in [0.3, 0.4) is 0 Å². The molecule has 0 aromatic heterocycles. The SMILES string of the molecule is CCCC1(C(C/C=C/[C@@H]2[C@@H](C/C=C\CCCC(=O)OC)[C@H](O)C[C@H]2O[Si](C)(C)C(C)(C)C)O[Si](C)(C)C(C)(C)C)CCC1. The van der Waals surface area contributed by atoms with Crippen molar-refractivity contribution < 1.29 is 23.5 Å². The molecule has 1 unspecified atom stereocenters. The number of carbonyl (C=O) groups excluding carboxylic acids is 1. The molecule has 0 radical (unpaired) electrons. The van der Waals surface area contributed by atoms with E-state index in [0.717, 1.165) is 25.7 Å². The van der Waals surface area contributed by atoms with Crippen molar-refractivity contribution in [2.75, 3.05) is 7.11 Å². The Kier molecular flexibility index (Phi) is 14.0. The molecule has 0 saturated heterocycles. The van der Waals surface area contributed by atoms with Crippen LogP contribution < -0.4 is 0 Å². The van der Waals surface area contributed by atoms with E-state index in [1.807, 2.05) is 0 Å². The maximum Gasteiger partial charge on any atom is 0.305 e. The Balaban J connectivity index is 2.29. The predicted molar refractivity (Wildman–Crippen MR) is 186 cm³/mol. The minimum Gasteiger partial charge on any atom is -0.469 e. The highest BCUT2D eigenvalue weighted by atomic mass is 28.4. The summed E-state index contributed by atoms with van der Waals surface area (Å²) in [5.74, 6) is 0.130. The number of unbranched alkanes of at least 4 members (excludes halogenated alkanes) is 1. The van der Waals surface area contributed by atoms with E-state index in [2.05, 4.69) is 99.0 Å². The number of esters is 1. The third-order valence-electron chi connectivity index (χ3n) is 11.4. The van der Waals surface area contributed by atoms with Crippen LogP contribution in [0.1, 0.15) is 119 Å². The Morgan fingerprint density at radius 2 is 1.63 bits per heavy atom. The Hall–Kier alpha value is -0.736. The van der Waals surface area contributed by atoms with Crippen LogP contribution >= 0.6 is 0 Å². The fraction of sp³-hybridized carbons (Fsp3) is 0.861. The number of carbonyl (C=O) groups is 1. The summed E-state index contributed by atoms with van der Waals surface area (Å²) in [5, 5.41) is 11.6. The average molecular weight is 637 g/mol. The lowest BCUT2D eigenvalue weighted by Crippen LogP contribution is -2.51. The maximum atomic E-state index is 11.5. The van der Waals surface area contributed by atoms with E-state index in [1.165, 1.54) is 39.2 Å². The van der Waals surface area contributed by atoms with E-state index in [4.69, 9.17) is 13.6 Å². The van der Waals surface area contributed by atoms with Gasteiger partial charge in [0, 0.05) is 12.3 Å². The number of allylic oxidation sites excluding steroid dienone is 2. The van der Waals surface area contributed by atoms with Crippen molar-refractivity contribution in [3.63, 3.8) is 0 Å². The molecule has 250 valence electrons. The molecule has 43 heavy (non-hydrogen) atoms. The van der Waals surface area contributed by atoms with Crippen molar-refractivity contribution in [3.8, 4) is 0 Å². The molecule has 2 saturated carbocycles. The summed E-state index contributed by atoms with van der Waals surface area (Å²) in [5.41, 5.74) is 0.299. The first-order chi connectivity index (χ1) is 19.8. The minimum atomic E-state index is -2.01. The van der Waals surface area contributed by atoms with Gasteiger partial charge in [0.05, 0.1) is 25.4 Å². The molecule has 0 heterocycles. The molecule has 0 spiro atoms. The highest BCUT2D eigenvalue weighted by Crippen LogP contribution is 2.52. The quantitative estimate of drug-likeness (QED) is 0.0790. The van der Waals surface area contributed by atoms with Crippen molar-refractivity contribution in [1.82, 2.24) is 0 Å². The molecular weight excluding hydrogens is 569 g/mol. The van der Waals surface area contributed by atoms with Gasteiger partial charge in [0.1, 0.15) is 0 Å². The lowest BCUT2D eigenvalue weighted by atomic mass is 9.62. The van der Waals surface area contributed by atoms with Crippen LogP contribution in [0.5, 0.6) is 0 Å². The number of aliphatic hydroxyl groups is 1. The second kappa shape index (κ2) is 15.7. The Morgan fingerprint density at radius 1 is 1.00 bits per heavy atom. The summed E-state index contributed by atoms with van der Waals surface area (Å²) in [6.45, 7) is 25.6. The lowest BCUT2D eigenvalue weighted by molar-refractivity contribution is -0.140. The van der Waals surface area contributed by atoms with Crippen LogP contribution in [0.15, 0.2) is 24.3 Å². The minimum absolute atomic E-state index is 0.0259. The van der Waals surface area contributed by atoms with Gasteiger partial charge in [-0.1, -0.05) is 85.6 Å². The highest BCUT2D eigenvalue weighted by molar-refractivity contribution is 6.74. The molecule has 5 atom stereocenters. The van der Waals surface area contributed by atoms with Crippen molar-refractivity contribution >= 4 is 22.6 Å². The fourth-order valence-corrected chi connectivity index (χ4v) is 9.15. The summed E-state index contributed by atoms with van der Waals surface area (Å²) >= 11 is 0. The van der Waals surface area contributed by atoms with E-state index < -0.39 is 16.6 Å². The van der Waals surface area contributed by atoms with Gasteiger partial charge < -0.3 is 18.7 Å². The number of rotatable bonds is 16. The summed E-state index contributed by atoms with van der Waals surface area (Å²) in [4.78, 5) is 11.5. The summed E-state index contributed by atoms with van der Waals surface area (Å²) in [7, 11) is -2.50. The third kappa shape index (κ3) is 10.4. The van der Waals surface area contributed by atoms with Crippen LogP contribution in [0.4, 0.5) is 0 Å². The van der Waals surface area contributed by atoms with Crippen LogP contribution in [-0.2, 0) is 18.4 Å². The molecular formula is C36H68O5Si2. The summed E-state index contributed by atoms with van der Waals surface area (Å²) in [6.07, 6.45) is 19.8. The molecule has 0 aromatic carbocycles. The van der Waals surface area contributed by atoms with Gasteiger partial charge in [0.15, 0.2) is 16.6 Å². The summed E-state index contributed by atoms with van der Waals surface area (Å²) < 4.78 is 19.0. The van der Waals surface area contributed by atoms with Gasteiger partial charge in [-0.05, 0) is 99.0 Å². The Morgan fingerprint density at radius 3 is 2.14 bits per heavy atom. The molecule has 0 bridgehead atoms. The number of hydrogen-bond acceptors (Lipinski definition) is 5. The van der Waals surface area contributed by atoms with Gasteiger partial charge in [0.25, 0.3) is 0 Å². The molecule has 1 N–H and O–H groups in total. The first kappa shape index (κ1) is 38.4. The molecule has 0 aromatic rings. The van der Waals surface area contributed by atoms with Crippen molar-refractivity contribution in [3.05, 3.63) is 24.3 Å². The zero-order valence-electron chi connectivity index (χ0n) is 30.1. The van der Waals surface area contributed by atoms with Crippen molar-refractivity contribution in [1.29, 1.82) is 0 Å². The average Bonchev–Trinajstić information content (AvgIpc) is 3.14. The van der Waals surface area contributed by atoms with Crippen LogP contribution in [0.2, 0.25) is 36.3 Å². The van der Waals surface area contributed by atoms with Gasteiger partial charge in [-0.3, -0.25) is 4.79 Å². The monoisotopic (exact) mass is 636 g/mol. The maximum absolute atomic E-state index is 11.5. The Bertz CT molecular complexity index is 923. The number of aliphatic hydroxyl groups excluding tert-OH is 1. The molecule has 2 fully saturated rings. The van der Waals surface area contributed by atoms with Crippen LogP contribution in [0.25, 0.3) is 0 Å². The third-order valence-corrected chi connectivity index (χ3v) is 20.4. The zero-order chi connectivity index (χ0) is 32.7. The van der Waals surface area contributed by atoms with Gasteiger partial charge in [-0.2, -0.15) is 0 Å². The van der Waals surface area contributed by atoms with E-state index in [-0.39, 0.29) is 46.2 Å². The fourth-order valence-electron chi connectivity index (χ4n) is 6.38.